The molecular weight excluding hydrogens is 210 g/mol. The lowest BCUT2D eigenvalue weighted by Crippen LogP contribution is -1.99. The summed E-state index contributed by atoms with van der Waals surface area (Å²) in [7, 11) is 0. The van der Waals surface area contributed by atoms with E-state index in [0.29, 0.717) is 10.7 Å². The van der Waals surface area contributed by atoms with Gasteiger partial charge in [0.25, 0.3) is 0 Å². The Bertz CT molecular complexity index is 236. The lowest BCUT2D eigenvalue weighted by Gasteiger charge is -2.06. The quantitative estimate of drug-likeness (QED) is 0.483. The first-order valence-corrected chi connectivity index (χ1v) is 6.29. The Morgan fingerprint density at radius 1 is 1.00 bits per heavy atom. The molecule has 1 rings (SSSR count). The smallest absolute Gasteiger partial charge is 0.0978 e. The molecule has 15 heavy (non-hydrogen) atoms. The monoisotopic (exact) mass is 229 g/mol. The number of allylic oxidation sites excluding steroid dienone is 2. The van der Waals surface area contributed by atoms with Crippen molar-refractivity contribution in [2.24, 2.45) is 5.16 Å². The summed E-state index contributed by atoms with van der Waals surface area (Å²) in [6.07, 6.45) is 12.5. The maximum atomic E-state index is 8.83. The molecular formula is C12H20ClNO. The second kappa shape index (κ2) is 7.75. The van der Waals surface area contributed by atoms with E-state index in [9.17, 15) is 0 Å². The number of hydrogen-bond acceptors (Lipinski definition) is 2. The van der Waals surface area contributed by atoms with Crippen LogP contribution in [0.5, 0.6) is 0 Å². The highest BCUT2D eigenvalue weighted by atomic mass is 35.5. The Hall–Kier alpha value is -0.500. The van der Waals surface area contributed by atoms with Gasteiger partial charge in [0.05, 0.1) is 10.7 Å². The molecule has 1 aliphatic rings. The molecule has 1 aliphatic carbocycles. The van der Waals surface area contributed by atoms with Gasteiger partial charge < -0.3 is 5.21 Å². The summed E-state index contributed by atoms with van der Waals surface area (Å²) in [5, 5.41) is 12.7. The SMILES string of the molecule is ON=C1CCCCCCCCC/C=C\1Cl. The van der Waals surface area contributed by atoms with Crippen LogP contribution < -0.4 is 0 Å². The van der Waals surface area contributed by atoms with Crippen molar-refractivity contribution in [1.29, 1.82) is 0 Å². The second-order valence-corrected chi connectivity index (χ2v) is 4.52. The van der Waals surface area contributed by atoms with E-state index >= 15 is 0 Å². The largest absolute Gasteiger partial charge is 0.411 e. The zero-order valence-electron chi connectivity index (χ0n) is 9.21. The van der Waals surface area contributed by atoms with E-state index < -0.39 is 0 Å². The van der Waals surface area contributed by atoms with Crippen molar-refractivity contribution in [3.63, 3.8) is 0 Å². The third kappa shape index (κ3) is 5.22. The molecule has 3 heteroatoms. The van der Waals surface area contributed by atoms with Gasteiger partial charge in [-0.25, -0.2) is 0 Å². The van der Waals surface area contributed by atoms with E-state index in [4.69, 9.17) is 16.8 Å². The van der Waals surface area contributed by atoms with Crippen LogP contribution in [0.4, 0.5) is 0 Å². The Kier molecular flexibility index (Phi) is 6.49. The predicted octanol–water partition coefficient (Wildman–Crippen LogP) is 4.46. The second-order valence-electron chi connectivity index (χ2n) is 4.11. The van der Waals surface area contributed by atoms with Crippen LogP contribution in [-0.2, 0) is 0 Å². The normalized spacial score (nSPS) is 27.5. The minimum Gasteiger partial charge on any atom is -0.411 e. The van der Waals surface area contributed by atoms with E-state index in [-0.39, 0.29) is 0 Å². The Labute approximate surface area is 97.0 Å². The van der Waals surface area contributed by atoms with Crippen LogP contribution in [0.25, 0.3) is 0 Å². The van der Waals surface area contributed by atoms with Crippen molar-refractivity contribution in [3.05, 3.63) is 11.1 Å². The minimum atomic E-state index is 0.637. The van der Waals surface area contributed by atoms with Crippen LogP contribution in [0.3, 0.4) is 0 Å². The van der Waals surface area contributed by atoms with Gasteiger partial charge in [0.1, 0.15) is 0 Å². The fraction of sp³-hybridized carbons (Fsp3) is 0.750. The Balaban J connectivity index is 2.51. The van der Waals surface area contributed by atoms with Crippen molar-refractivity contribution in [2.75, 3.05) is 0 Å². The van der Waals surface area contributed by atoms with Crippen molar-refractivity contribution in [1.82, 2.24) is 0 Å². The van der Waals surface area contributed by atoms with Crippen LogP contribution in [0.1, 0.15) is 57.8 Å². The van der Waals surface area contributed by atoms with Crippen LogP contribution in [0.15, 0.2) is 16.3 Å². The maximum absolute atomic E-state index is 8.83. The van der Waals surface area contributed by atoms with E-state index in [0.717, 1.165) is 19.3 Å². The first-order chi connectivity index (χ1) is 7.34. The van der Waals surface area contributed by atoms with Crippen LogP contribution in [-0.4, -0.2) is 10.9 Å². The molecule has 0 amide bonds. The number of oxime groups is 1. The van der Waals surface area contributed by atoms with Crippen molar-refractivity contribution >= 4 is 17.3 Å². The van der Waals surface area contributed by atoms with E-state index in [1.165, 1.54) is 38.5 Å². The summed E-state index contributed by atoms with van der Waals surface area (Å²) in [6.45, 7) is 0. The highest BCUT2D eigenvalue weighted by Gasteiger charge is 2.05. The van der Waals surface area contributed by atoms with Gasteiger partial charge in [-0.05, 0) is 25.7 Å². The molecule has 2 nitrogen and oxygen atoms in total. The zero-order chi connectivity index (χ0) is 10.9. The molecule has 0 atom stereocenters. The van der Waals surface area contributed by atoms with Gasteiger partial charge in [-0.2, -0.15) is 0 Å². The first-order valence-electron chi connectivity index (χ1n) is 5.91. The fourth-order valence-electron chi connectivity index (χ4n) is 1.88. The van der Waals surface area contributed by atoms with Crippen molar-refractivity contribution in [2.45, 2.75) is 57.8 Å². The predicted molar refractivity (Wildman–Crippen MR) is 64.7 cm³/mol. The summed E-state index contributed by atoms with van der Waals surface area (Å²) in [5.41, 5.74) is 0.650. The summed E-state index contributed by atoms with van der Waals surface area (Å²) in [6, 6.07) is 0. The Morgan fingerprint density at radius 3 is 2.27 bits per heavy atom. The molecule has 86 valence electrons. The maximum Gasteiger partial charge on any atom is 0.0978 e. The highest BCUT2D eigenvalue weighted by Crippen LogP contribution is 2.17. The van der Waals surface area contributed by atoms with Gasteiger partial charge in [-0.3, -0.25) is 0 Å². The molecule has 0 saturated heterocycles. The average Bonchev–Trinajstić information content (AvgIpc) is 2.23. The molecule has 0 aromatic rings. The average molecular weight is 230 g/mol. The lowest BCUT2D eigenvalue weighted by molar-refractivity contribution is 0.318. The van der Waals surface area contributed by atoms with E-state index in [1.807, 2.05) is 6.08 Å². The van der Waals surface area contributed by atoms with Crippen molar-refractivity contribution in [3.8, 4) is 0 Å². The topological polar surface area (TPSA) is 32.6 Å². The standard InChI is InChI=1S/C12H20ClNO/c13-11-9-7-5-3-1-2-4-6-8-10-12(11)14-15/h9,15H,1-8,10H2/b11-9+,14-12?. The molecule has 0 aromatic carbocycles. The highest BCUT2D eigenvalue weighted by molar-refractivity contribution is 6.43. The van der Waals surface area contributed by atoms with Crippen molar-refractivity contribution < 1.29 is 5.21 Å². The minimum absolute atomic E-state index is 0.637. The Morgan fingerprint density at radius 2 is 1.60 bits per heavy atom. The molecule has 0 spiro atoms. The van der Waals surface area contributed by atoms with Gasteiger partial charge in [0, 0.05) is 0 Å². The zero-order valence-corrected chi connectivity index (χ0v) is 9.97. The number of nitrogens with zero attached hydrogens (tertiary/aromatic N) is 1. The molecule has 0 bridgehead atoms. The van der Waals surface area contributed by atoms with E-state index in [1.54, 1.807) is 0 Å². The van der Waals surface area contributed by atoms with Crippen LogP contribution in [0.2, 0.25) is 0 Å². The first kappa shape index (κ1) is 12.6. The summed E-state index contributed by atoms with van der Waals surface area (Å²) in [5.74, 6) is 0. The molecule has 0 aromatic heterocycles. The molecule has 1 N–H and O–H groups in total. The summed E-state index contributed by atoms with van der Waals surface area (Å²) in [4.78, 5) is 0. The lowest BCUT2D eigenvalue weighted by atomic mass is 10.0. The molecule has 0 saturated carbocycles. The molecule has 0 unspecified atom stereocenters. The van der Waals surface area contributed by atoms with E-state index in [2.05, 4.69) is 5.16 Å². The third-order valence-corrected chi connectivity index (χ3v) is 3.21. The number of hydrogen-bond donors (Lipinski definition) is 1. The van der Waals surface area contributed by atoms with Gasteiger partial charge in [0.2, 0.25) is 0 Å². The third-order valence-electron chi connectivity index (χ3n) is 2.84. The molecule has 0 fully saturated rings. The van der Waals surface area contributed by atoms with Gasteiger partial charge in [0.15, 0.2) is 0 Å². The number of halogens is 1. The van der Waals surface area contributed by atoms with Gasteiger partial charge in [-0.15, -0.1) is 0 Å². The van der Waals surface area contributed by atoms with Crippen LogP contribution >= 0.6 is 11.6 Å². The number of rotatable bonds is 0. The molecule has 0 heterocycles. The fourth-order valence-corrected chi connectivity index (χ4v) is 2.13. The van der Waals surface area contributed by atoms with Crippen LogP contribution in [0, 0.1) is 0 Å². The van der Waals surface area contributed by atoms with Gasteiger partial charge >= 0.3 is 0 Å². The molecule has 0 aliphatic heterocycles. The summed E-state index contributed by atoms with van der Waals surface area (Å²) < 4.78 is 0. The van der Waals surface area contributed by atoms with Gasteiger partial charge in [-0.1, -0.05) is 54.9 Å². The molecule has 0 radical (unpaired) electrons. The summed E-state index contributed by atoms with van der Waals surface area (Å²) >= 11 is 6.05.